The molecule has 6 heteroatoms. The molecule has 0 nitrogen and oxygen atoms in total. The van der Waals surface area contributed by atoms with Crippen molar-refractivity contribution in [1.29, 1.82) is 0 Å². The smallest absolute Gasteiger partial charge is 0.206 e. The standard InChI is InChI=1S/C20H18F6/c1-2-3-4-5-13-6-7-15(17(21)10-13)14-11-18(22)16(19(23)12-14)8-9-20(24,25)26/h6-12H,2-5H2,1H3. The molecule has 2 rings (SSSR count). The van der Waals surface area contributed by atoms with Gasteiger partial charge in [0.2, 0.25) is 0 Å². The first-order valence-electron chi connectivity index (χ1n) is 8.25. The number of unbranched alkanes of at least 4 members (excludes halogenated alkanes) is 2. The van der Waals surface area contributed by atoms with E-state index in [9.17, 15) is 26.3 Å². The molecule has 140 valence electrons. The number of benzene rings is 2. The van der Waals surface area contributed by atoms with E-state index >= 15 is 0 Å². The van der Waals surface area contributed by atoms with Gasteiger partial charge in [-0.2, -0.15) is 13.2 Å². The molecule has 0 N–H and O–H groups in total. The highest BCUT2D eigenvalue weighted by molar-refractivity contribution is 5.67. The number of allylic oxidation sites excluding steroid dienone is 1. The third-order valence-electron chi connectivity index (χ3n) is 3.93. The fourth-order valence-electron chi connectivity index (χ4n) is 2.60. The number of hydrogen-bond acceptors (Lipinski definition) is 0. The van der Waals surface area contributed by atoms with E-state index in [2.05, 4.69) is 6.92 Å². The van der Waals surface area contributed by atoms with E-state index < -0.39 is 29.2 Å². The summed E-state index contributed by atoms with van der Waals surface area (Å²) in [6.45, 7) is 2.06. The lowest BCUT2D eigenvalue weighted by atomic mass is 9.99. The molecule has 0 heterocycles. The SMILES string of the molecule is CCCCCc1ccc(-c2cc(F)c(C=CC(F)(F)F)c(F)c2)c(F)c1. The quantitative estimate of drug-likeness (QED) is 0.375. The van der Waals surface area contributed by atoms with Gasteiger partial charge in [0.25, 0.3) is 0 Å². The van der Waals surface area contributed by atoms with Crippen LogP contribution in [0.5, 0.6) is 0 Å². The molecule has 0 saturated carbocycles. The third-order valence-corrected chi connectivity index (χ3v) is 3.93. The summed E-state index contributed by atoms with van der Waals surface area (Å²) >= 11 is 0. The molecule has 0 aromatic heterocycles. The molecule has 26 heavy (non-hydrogen) atoms. The van der Waals surface area contributed by atoms with Crippen LogP contribution < -0.4 is 0 Å². The first-order chi connectivity index (χ1) is 12.2. The number of hydrogen-bond donors (Lipinski definition) is 0. The maximum absolute atomic E-state index is 14.3. The van der Waals surface area contributed by atoms with Crippen molar-refractivity contribution in [3.63, 3.8) is 0 Å². The summed E-state index contributed by atoms with van der Waals surface area (Å²) in [5, 5.41) is 0. The van der Waals surface area contributed by atoms with Crippen molar-refractivity contribution in [3.8, 4) is 11.1 Å². The highest BCUT2D eigenvalue weighted by Crippen LogP contribution is 2.29. The van der Waals surface area contributed by atoms with Crippen LogP contribution in [0.4, 0.5) is 26.3 Å². The average Bonchev–Trinajstić information content (AvgIpc) is 2.53. The molecule has 0 bridgehead atoms. The monoisotopic (exact) mass is 372 g/mol. The largest absolute Gasteiger partial charge is 0.409 e. The third kappa shape index (κ3) is 5.38. The van der Waals surface area contributed by atoms with Crippen molar-refractivity contribution in [3.05, 3.63) is 65.0 Å². The summed E-state index contributed by atoms with van der Waals surface area (Å²) in [5.41, 5.74) is -0.108. The highest BCUT2D eigenvalue weighted by atomic mass is 19.4. The fourth-order valence-corrected chi connectivity index (χ4v) is 2.60. The number of alkyl halides is 3. The zero-order valence-electron chi connectivity index (χ0n) is 14.1. The summed E-state index contributed by atoms with van der Waals surface area (Å²) in [6.07, 6.45) is -0.937. The van der Waals surface area contributed by atoms with Gasteiger partial charge in [0, 0.05) is 17.2 Å². The lowest BCUT2D eigenvalue weighted by Gasteiger charge is -2.09. The minimum atomic E-state index is -4.68. The van der Waals surface area contributed by atoms with Crippen LogP contribution in [0, 0.1) is 17.5 Å². The van der Waals surface area contributed by atoms with Crippen LogP contribution in [0.2, 0.25) is 0 Å². The normalized spacial score (nSPS) is 12.1. The van der Waals surface area contributed by atoms with Gasteiger partial charge in [-0.05, 0) is 48.2 Å². The summed E-state index contributed by atoms with van der Waals surface area (Å²) in [6, 6.07) is 6.08. The van der Waals surface area contributed by atoms with Crippen molar-refractivity contribution >= 4 is 6.08 Å². The summed E-state index contributed by atoms with van der Waals surface area (Å²) < 4.78 is 78.8. The summed E-state index contributed by atoms with van der Waals surface area (Å²) in [5.74, 6) is -3.00. The van der Waals surface area contributed by atoms with E-state index in [1.54, 1.807) is 6.07 Å². The number of halogens is 6. The Morgan fingerprint density at radius 1 is 0.885 bits per heavy atom. The predicted molar refractivity (Wildman–Crippen MR) is 90.1 cm³/mol. The molecule has 0 radical (unpaired) electrons. The summed E-state index contributed by atoms with van der Waals surface area (Å²) in [7, 11) is 0. The second-order valence-electron chi connectivity index (χ2n) is 6.00. The molecule has 2 aromatic carbocycles. The van der Waals surface area contributed by atoms with E-state index in [1.165, 1.54) is 12.1 Å². The molecule has 0 spiro atoms. The van der Waals surface area contributed by atoms with Gasteiger partial charge in [-0.25, -0.2) is 13.2 Å². The highest BCUT2D eigenvalue weighted by Gasteiger charge is 2.23. The van der Waals surface area contributed by atoms with Gasteiger partial charge in [0.1, 0.15) is 17.5 Å². The van der Waals surface area contributed by atoms with Crippen molar-refractivity contribution in [2.24, 2.45) is 0 Å². The molecule has 2 aromatic rings. The maximum atomic E-state index is 14.3. The molecule has 0 aliphatic carbocycles. The van der Waals surface area contributed by atoms with Gasteiger partial charge in [0.15, 0.2) is 0 Å². The van der Waals surface area contributed by atoms with Gasteiger partial charge in [-0.3, -0.25) is 0 Å². The molecule has 0 unspecified atom stereocenters. The van der Waals surface area contributed by atoms with Gasteiger partial charge >= 0.3 is 6.18 Å². The topological polar surface area (TPSA) is 0 Å². The molecule has 0 fully saturated rings. The first-order valence-corrected chi connectivity index (χ1v) is 8.25. The van der Waals surface area contributed by atoms with E-state index in [0.717, 1.165) is 37.0 Å². The Morgan fingerprint density at radius 2 is 1.54 bits per heavy atom. The first kappa shape index (κ1) is 20.1. The molecule has 0 aliphatic rings. The van der Waals surface area contributed by atoms with Crippen molar-refractivity contribution < 1.29 is 26.3 Å². The lowest BCUT2D eigenvalue weighted by Crippen LogP contribution is -2.01. The molecule has 0 aliphatic heterocycles. The van der Waals surface area contributed by atoms with Crippen LogP contribution in [-0.4, -0.2) is 6.18 Å². The Hall–Kier alpha value is -2.24. The van der Waals surface area contributed by atoms with E-state index in [-0.39, 0.29) is 17.2 Å². The molecular formula is C20H18F6. The maximum Gasteiger partial charge on any atom is 0.409 e. The van der Waals surface area contributed by atoms with Gasteiger partial charge < -0.3 is 0 Å². The number of rotatable bonds is 6. The van der Waals surface area contributed by atoms with E-state index in [0.29, 0.717) is 12.5 Å². The van der Waals surface area contributed by atoms with Gasteiger partial charge in [0.05, 0.1) is 0 Å². The molecule has 0 atom stereocenters. The Labute approximate surface area is 148 Å². The summed E-state index contributed by atoms with van der Waals surface area (Å²) in [4.78, 5) is 0. The Morgan fingerprint density at radius 3 is 2.08 bits per heavy atom. The van der Waals surface area contributed by atoms with Crippen LogP contribution in [-0.2, 0) is 6.42 Å². The van der Waals surface area contributed by atoms with Crippen LogP contribution in [0.3, 0.4) is 0 Å². The fraction of sp³-hybridized carbons (Fsp3) is 0.300. The van der Waals surface area contributed by atoms with E-state index in [1.807, 2.05) is 0 Å². The minimum Gasteiger partial charge on any atom is -0.206 e. The Balaban J connectivity index is 2.31. The van der Waals surface area contributed by atoms with Crippen LogP contribution >= 0.6 is 0 Å². The Kier molecular flexibility index (Phi) is 6.51. The predicted octanol–water partition coefficient (Wildman–Crippen LogP) is 7.08. The van der Waals surface area contributed by atoms with Crippen LogP contribution in [0.1, 0.15) is 37.3 Å². The van der Waals surface area contributed by atoms with E-state index in [4.69, 9.17) is 0 Å². The van der Waals surface area contributed by atoms with Crippen molar-refractivity contribution in [2.75, 3.05) is 0 Å². The van der Waals surface area contributed by atoms with Gasteiger partial charge in [-0.1, -0.05) is 31.9 Å². The molecule has 0 amide bonds. The molecule has 0 saturated heterocycles. The van der Waals surface area contributed by atoms with Crippen molar-refractivity contribution in [2.45, 2.75) is 38.8 Å². The minimum absolute atomic E-state index is 0.00612. The average molecular weight is 372 g/mol. The second-order valence-corrected chi connectivity index (χ2v) is 6.00. The zero-order chi connectivity index (χ0) is 19.3. The second kappa shape index (κ2) is 8.43. The van der Waals surface area contributed by atoms with Crippen molar-refractivity contribution in [1.82, 2.24) is 0 Å². The molecular weight excluding hydrogens is 354 g/mol. The lowest BCUT2D eigenvalue weighted by molar-refractivity contribution is -0.0790. The van der Waals surface area contributed by atoms with Crippen LogP contribution in [0.15, 0.2) is 36.4 Å². The zero-order valence-corrected chi connectivity index (χ0v) is 14.1. The Bertz CT molecular complexity index is 766. The van der Waals surface area contributed by atoms with Gasteiger partial charge in [-0.15, -0.1) is 0 Å². The number of aryl methyl sites for hydroxylation is 1. The van der Waals surface area contributed by atoms with Crippen LogP contribution in [0.25, 0.3) is 17.2 Å².